The number of nitro groups is 1. The molecule has 1 aliphatic rings. The normalized spacial score (nSPS) is 15.5. The van der Waals surface area contributed by atoms with Gasteiger partial charge in [0.1, 0.15) is 5.69 Å². The number of aliphatic hydroxyl groups is 1. The summed E-state index contributed by atoms with van der Waals surface area (Å²) in [6.07, 6.45) is -0.429. The van der Waals surface area contributed by atoms with Crippen LogP contribution in [0.3, 0.4) is 0 Å². The number of aliphatic hydroxyl groups excluding tert-OH is 1. The number of β-amino-alcohol motifs (C(OH)–C–C–N with tert-alkyl or cyclic N) is 1. The molecule has 6 heteroatoms. The standard InChI is InChI=1S/C11H12N2O4/c1-7(14)8-2-3-10(11(4-8)13(16)17)12-5-9(15)6-12/h2-4,9,15H,5-6H2,1H3. The molecule has 0 radical (unpaired) electrons. The van der Waals surface area contributed by atoms with Crippen molar-refractivity contribution < 1.29 is 14.8 Å². The van der Waals surface area contributed by atoms with E-state index in [4.69, 9.17) is 0 Å². The molecule has 6 nitrogen and oxygen atoms in total. The highest BCUT2D eigenvalue weighted by molar-refractivity contribution is 5.95. The molecule has 0 unspecified atom stereocenters. The maximum absolute atomic E-state index is 11.2. The van der Waals surface area contributed by atoms with Gasteiger partial charge in [-0.05, 0) is 19.1 Å². The third-order valence-electron chi connectivity index (χ3n) is 2.78. The highest BCUT2D eigenvalue weighted by Gasteiger charge is 2.30. The van der Waals surface area contributed by atoms with Crippen LogP contribution in [0.5, 0.6) is 0 Å². The first-order valence-electron chi connectivity index (χ1n) is 5.21. The molecule has 0 aliphatic carbocycles. The van der Waals surface area contributed by atoms with Crippen molar-refractivity contribution in [2.45, 2.75) is 13.0 Å². The Morgan fingerprint density at radius 1 is 1.53 bits per heavy atom. The summed E-state index contributed by atoms with van der Waals surface area (Å²) in [5.41, 5.74) is 0.677. The maximum Gasteiger partial charge on any atom is 0.293 e. The van der Waals surface area contributed by atoms with E-state index < -0.39 is 11.0 Å². The smallest absolute Gasteiger partial charge is 0.293 e. The van der Waals surface area contributed by atoms with Gasteiger partial charge in [-0.3, -0.25) is 14.9 Å². The molecule has 1 aromatic rings. The molecule has 1 saturated heterocycles. The van der Waals surface area contributed by atoms with E-state index in [1.165, 1.54) is 13.0 Å². The fourth-order valence-electron chi connectivity index (χ4n) is 1.81. The predicted octanol–water partition coefficient (Wildman–Crippen LogP) is 0.978. The first-order valence-corrected chi connectivity index (χ1v) is 5.21. The monoisotopic (exact) mass is 236 g/mol. The van der Waals surface area contributed by atoms with Gasteiger partial charge in [0.05, 0.1) is 11.0 Å². The van der Waals surface area contributed by atoms with E-state index >= 15 is 0 Å². The van der Waals surface area contributed by atoms with Crippen LogP contribution < -0.4 is 4.90 Å². The Labute approximate surface area is 97.6 Å². The Bertz CT molecular complexity index is 480. The Hall–Kier alpha value is -1.95. The Morgan fingerprint density at radius 3 is 2.65 bits per heavy atom. The first kappa shape index (κ1) is 11.5. The summed E-state index contributed by atoms with van der Waals surface area (Å²) in [7, 11) is 0. The second-order valence-corrected chi connectivity index (χ2v) is 4.08. The number of nitrogens with zero attached hydrogens (tertiary/aromatic N) is 2. The number of Topliss-reactive ketones (excluding diaryl/α,β-unsaturated/α-hetero) is 1. The van der Waals surface area contributed by atoms with E-state index in [1.807, 2.05) is 0 Å². The van der Waals surface area contributed by atoms with E-state index in [0.29, 0.717) is 24.3 Å². The van der Waals surface area contributed by atoms with E-state index in [2.05, 4.69) is 0 Å². The van der Waals surface area contributed by atoms with Crippen molar-refractivity contribution in [3.63, 3.8) is 0 Å². The van der Waals surface area contributed by atoms with Crippen molar-refractivity contribution in [2.75, 3.05) is 18.0 Å². The lowest BCUT2D eigenvalue weighted by atomic mass is 10.1. The second-order valence-electron chi connectivity index (χ2n) is 4.08. The molecule has 0 saturated carbocycles. The number of rotatable bonds is 3. The Kier molecular flexibility index (Phi) is 2.81. The molecule has 1 N–H and O–H groups in total. The van der Waals surface area contributed by atoms with Crippen LogP contribution in [0.15, 0.2) is 18.2 Å². The highest BCUT2D eigenvalue weighted by atomic mass is 16.6. The van der Waals surface area contributed by atoms with Gasteiger partial charge < -0.3 is 10.0 Å². The number of hydrogen-bond donors (Lipinski definition) is 1. The van der Waals surface area contributed by atoms with Gasteiger partial charge >= 0.3 is 0 Å². The molecule has 1 aromatic carbocycles. The maximum atomic E-state index is 11.2. The van der Waals surface area contributed by atoms with Crippen LogP contribution in [-0.2, 0) is 0 Å². The van der Waals surface area contributed by atoms with Crippen LogP contribution >= 0.6 is 0 Å². The van der Waals surface area contributed by atoms with Gasteiger partial charge in [0, 0.05) is 24.7 Å². The van der Waals surface area contributed by atoms with Gasteiger partial charge in [-0.1, -0.05) is 0 Å². The fraction of sp³-hybridized carbons (Fsp3) is 0.364. The van der Waals surface area contributed by atoms with Crippen LogP contribution in [0.4, 0.5) is 11.4 Å². The summed E-state index contributed by atoms with van der Waals surface area (Å²) in [6.45, 7) is 2.15. The van der Waals surface area contributed by atoms with Crippen molar-refractivity contribution in [1.29, 1.82) is 0 Å². The molecule has 0 aromatic heterocycles. The predicted molar refractivity (Wildman–Crippen MR) is 61.3 cm³/mol. The number of carbonyl (C=O) groups is 1. The average molecular weight is 236 g/mol. The largest absolute Gasteiger partial charge is 0.389 e. The van der Waals surface area contributed by atoms with Crippen molar-refractivity contribution in [1.82, 2.24) is 0 Å². The van der Waals surface area contributed by atoms with E-state index in [1.54, 1.807) is 17.0 Å². The molecule has 90 valence electrons. The minimum atomic E-state index is -0.507. The Balaban J connectivity index is 2.38. The van der Waals surface area contributed by atoms with Crippen molar-refractivity contribution >= 4 is 17.2 Å². The molecule has 1 fully saturated rings. The molecular formula is C11H12N2O4. The van der Waals surface area contributed by atoms with Gasteiger partial charge in [0.15, 0.2) is 5.78 Å². The second kappa shape index (κ2) is 4.14. The zero-order valence-electron chi connectivity index (χ0n) is 9.29. The SMILES string of the molecule is CC(=O)c1ccc(N2CC(O)C2)c([N+](=O)[O-])c1. The quantitative estimate of drug-likeness (QED) is 0.480. The zero-order valence-corrected chi connectivity index (χ0v) is 9.29. The molecule has 0 spiro atoms. The molecule has 17 heavy (non-hydrogen) atoms. The summed E-state index contributed by atoms with van der Waals surface area (Å²) in [5.74, 6) is -0.205. The molecule has 0 atom stereocenters. The lowest BCUT2D eigenvalue weighted by Gasteiger charge is -2.37. The minimum absolute atomic E-state index is 0.0930. The van der Waals surface area contributed by atoms with Gasteiger partial charge in [-0.25, -0.2) is 0 Å². The fourth-order valence-corrected chi connectivity index (χ4v) is 1.81. The highest BCUT2D eigenvalue weighted by Crippen LogP contribution is 2.32. The summed E-state index contributed by atoms with van der Waals surface area (Å²) in [4.78, 5) is 23.3. The third kappa shape index (κ3) is 2.12. The summed E-state index contributed by atoms with van der Waals surface area (Å²) in [6, 6.07) is 4.40. The number of nitro benzene ring substituents is 1. The molecule has 1 aliphatic heterocycles. The van der Waals surface area contributed by atoms with Crippen LogP contribution in [0.2, 0.25) is 0 Å². The van der Waals surface area contributed by atoms with Gasteiger partial charge in [0.2, 0.25) is 0 Å². The zero-order chi connectivity index (χ0) is 12.6. The van der Waals surface area contributed by atoms with Crippen LogP contribution in [0.25, 0.3) is 0 Å². The van der Waals surface area contributed by atoms with Crippen LogP contribution in [0.1, 0.15) is 17.3 Å². The average Bonchev–Trinajstić information content (AvgIpc) is 2.24. The van der Waals surface area contributed by atoms with E-state index in [9.17, 15) is 20.0 Å². The number of anilines is 1. The third-order valence-corrected chi connectivity index (χ3v) is 2.78. The number of benzene rings is 1. The van der Waals surface area contributed by atoms with Gasteiger partial charge in [-0.15, -0.1) is 0 Å². The first-order chi connectivity index (χ1) is 7.99. The number of ketones is 1. The van der Waals surface area contributed by atoms with Crippen molar-refractivity contribution in [3.05, 3.63) is 33.9 Å². The molecule has 0 amide bonds. The van der Waals surface area contributed by atoms with Crippen molar-refractivity contribution in [3.8, 4) is 0 Å². The van der Waals surface area contributed by atoms with Crippen LogP contribution in [-0.4, -0.2) is 35.0 Å². The molecule has 2 rings (SSSR count). The minimum Gasteiger partial charge on any atom is -0.389 e. The number of hydrogen-bond acceptors (Lipinski definition) is 5. The lowest BCUT2D eigenvalue weighted by Crippen LogP contribution is -2.51. The Morgan fingerprint density at radius 2 is 2.18 bits per heavy atom. The summed E-state index contributed by atoms with van der Waals surface area (Å²) in [5, 5.41) is 20.1. The van der Waals surface area contributed by atoms with Gasteiger partial charge in [0.25, 0.3) is 5.69 Å². The summed E-state index contributed by atoms with van der Waals surface area (Å²) < 4.78 is 0. The molecular weight excluding hydrogens is 224 g/mol. The lowest BCUT2D eigenvalue weighted by molar-refractivity contribution is -0.384. The van der Waals surface area contributed by atoms with Crippen molar-refractivity contribution in [2.24, 2.45) is 0 Å². The van der Waals surface area contributed by atoms with E-state index in [-0.39, 0.29) is 11.5 Å². The van der Waals surface area contributed by atoms with Gasteiger partial charge in [-0.2, -0.15) is 0 Å². The molecule has 0 bridgehead atoms. The van der Waals surface area contributed by atoms with Crippen LogP contribution in [0, 0.1) is 10.1 Å². The molecule has 1 heterocycles. The summed E-state index contributed by atoms with van der Waals surface area (Å²) >= 11 is 0. The van der Waals surface area contributed by atoms with E-state index in [0.717, 1.165) is 0 Å². The topological polar surface area (TPSA) is 83.7 Å². The number of carbonyl (C=O) groups excluding carboxylic acids is 1.